The van der Waals surface area contributed by atoms with Gasteiger partial charge in [0.25, 0.3) is 5.69 Å². The summed E-state index contributed by atoms with van der Waals surface area (Å²) in [5, 5.41) is 21.8. The number of hydrogen-bond donors (Lipinski definition) is 2. The molecule has 0 saturated heterocycles. The van der Waals surface area contributed by atoms with Gasteiger partial charge in [0, 0.05) is 30.8 Å². The van der Waals surface area contributed by atoms with Crippen molar-refractivity contribution in [3.63, 3.8) is 0 Å². The second kappa shape index (κ2) is 6.53. The maximum atomic E-state index is 12.1. The number of non-ortho nitro benzene ring substituents is 1. The van der Waals surface area contributed by atoms with Gasteiger partial charge in [-0.15, -0.1) is 0 Å². The number of nitro groups is 1. The molecule has 0 heterocycles. The van der Waals surface area contributed by atoms with Gasteiger partial charge < -0.3 is 15.2 Å². The fourth-order valence-electron chi connectivity index (χ4n) is 1.48. The largest absolute Gasteiger partial charge is 0.496 e. The molecule has 2 N–H and O–H groups in total. The van der Waals surface area contributed by atoms with Gasteiger partial charge >= 0.3 is 6.18 Å². The number of benzene rings is 1. The van der Waals surface area contributed by atoms with Crippen LogP contribution in [0.4, 0.5) is 18.9 Å². The lowest BCUT2D eigenvalue weighted by Gasteiger charge is -2.15. The minimum absolute atomic E-state index is 0.0992. The van der Waals surface area contributed by atoms with Crippen molar-refractivity contribution in [1.29, 1.82) is 0 Å². The van der Waals surface area contributed by atoms with E-state index >= 15 is 0 Å². The van der Waals surface area contributed by atoms with Crippen molar-refractivity contribution in [2.45, 2.75) is 18.8 Å². The number of hydrogen-bond acceptors (Lipinski definition) is 5. The Morgan fingerprint density at radius 3 is 2.65 bits per heavy atom. The van der Waals surface area contributed by atoms with E-state index in [0.29, 0.717) is 11.3 Å². The first-order valence-corrected chi connectivity index (χ1v) is 5.52. The zero-order chi connectivity index (χ0) is 15.3. The molecule has 1 unspecified atom stereocenters. The first kappa shape index (κ1) is 16.2. The molecule has 0 spiro atoms. The number of methoxy groups -OCH3 is 1. The van der Waals surface area contributed by atoms with E-state index in [1.54, 1.807) is 0 Å². The van der Waals surface area contributed by atoms with Gasteiger partial charge in [-0.1, -0.05) is 0 Å². The van der Waals surface area contributed by atoms with Gasteiger partial charge in [0.2, 0.25) is 0 Å². The summed E-state index contributed by atoms with van der Waals surface area (Å²) >= 11 is 0. The highest BCUT2D eigenvalue weighted by Gasteiger charge is 2.37. The Morgan fingerprint density at radius 2 is 2.15 bits per heavy atom. The van der Waals surface area contributed by atoms with Gasteiger partial charge in [-0.05, 0) is 6.07 Å². The Bertz CT molecular complexity index is 479. The van der Waals surface area contributed by atoms with Crippen molar-refractivity contribution in [3.8, 4) is 5.75 Å². The normalized spacial score (nSPS) is 13.1. The van der Waals surface area contributed by atoms with Gasteiger partial charge in [-0.2, -0.15) is 13.2 Å². The number of nitrogens with zero attached hydrogens (tertiary/aromatic N) is 1. The predicted molar refractivity (Wildman–Crippen MR) is 63.4 cm³/mol. The van der Waals surface area contributed by atoms with Crippen LogP contribution in [0, 0.1) is 10.1 Å². The highest BCUT2D eigenvalue weighted by Crippen LogP contribution is 2.24. The maximum Gasteiger partial charge on any atom is 0.415 e. The van der Waals surface area contributed by atoms with Crippen LogP contribution >= 0.6 is 0 Å². The zero-order valence-electron chi connectivity index (χ0n) is 10.5. The second-order valence-corrected chi connectivity index (χ2v) is 3.94. The van der Waals surface area contributed by atoms with Crippen LogP contribution in [-0.2, 0) is 6.54 Å². The van der Waals surface area contributed by atoms with E-state index in [4.69, 9.17) is 9.84 Å². The third-order valence-electron chi connectivity index (χ3n) is 2.51. The predicted octanol–water partition coefficient (Wildman–Crippen LogP) is 1.62. The van der Waals surface area contributed by atoms with Crippen LogP contribution in [0.3, 0.4) is 0 Å². The van der Waals surface area contributed by atoms with Crippen molar-refractivity contribution in [2.24, 2.45) is 0 Å². The SMILES string of the molecule is COc1ccc([N+](=O)[O-])cc1CNCC(O)C(F)(F)F. The van der Waals surface area contributed by atoms with E-state index < -0.39 is 23.7 Å². The molecule has 20 heavy (non-hydrogen) atoms. The monoisotopic (exact) mass is 294 g/mol. The molecular formula is C11H13F3N2O4. The Hall–Kier alpha value is -1.87. The lowest BCUT2D eigenvalue weighted by molar-refractivity contribution is -0.384. The topological polar surface area (TPSA) is 84.6 Å². The molecule has 1 rings (SSSR count). The quantitative estimate of drug-likeness (QED) is 0.615. The molecule has 0 bridgehead atoms. The molecule has 0 radical (unpaired) electrons. The standard InChI is InChI=1S/C11H13F3N2O4/c1-20-9-3-2-8(16(18)19)4-7(9)5-15-6-10(17)11(12,13)14/h2-4,10,15,17H,5-6H2,1H3. The van der Waals surface area contributed by atoms with Gasteiger partial charge in [-0.3, -0.25) is 10.1 Å². The summed E-state index contributed by atoms with van der Waals surface area (Å²) in [6.07, 6.45) is -7.20. The van der Waals surface area contributed by atoms with Crippen LogP contribution < -0.4 is 10.1 Å². The highest BCUT2D eigenvalue weighted by atomic mass is 19.4. The number of aliphatic hydroxyl groups is 1. The van der Waals surface area contributed by atoms with Gasteiger partial charge in [0.05, 0.1) is 12.0 Å². The molecule has 0 aliphatic carbocycles. The van der Waals surface area contributed by atoms with E-state index in [-0.39, 0.29) is 12.2 Å². The molecule has 1 aromatic rings. The Balaban J connectivity index is 2.71. The summed E-state index contributed by atoms with van der Waals surface area (Å²) in [5.41, 5.74) is 0.134. The smallest absolute Gasteiger partial charge is 0.415 e. The van der Waals surface area contributed by atoms with Crippen LogP contribution in [0.5, 0.6) is 5.75 Å². The van der Waals surface area contributed by atoms with Crippen molar-refractivity contribution < 1.29 is 27.9 Å². The third kappa shape index (κ3) is 4.35. The maximum absolute atomic E-state index is 12.1. The average Bonchev–Trinajstić information content (AvgIpc) is 2.37. The summed E-state index contributed by atoms with van der Waals surface area (Å²) in [6.45, 7) is -0.812. The Kier molecular flexibility index (Phi) is 5.28. The molecular weight excluding hydrogens is 281 g/mol. The molecule has 0 aliphatic rings. The van der Waals surface area contributed by atoms with Gasteiger partial charge in [0.15, 0.2) is 6.10 Å². The van der Waals surface area contributed by atoms with Crippen LogP contribution in [0.15, 0.2) is 18.2 Å². The molecule has 1 atom stereocenters. The summed E-state index contributed by atoms with van der Waals surface area (Å²) in [6, 6.07) is 3.79. The molecule has 9 heteroatoms. The lowest BCUT2D eigenvalue weighted by atomic mass is 10.1. The van der Waals surface area contributed by atoms with E-state index in [1.165, 1.54) is 25.3 Å². The Labute approximate surface area is 112 Å². The second-order valence-electron chi connectivity index (χ2n) is 3.94. The van der Waals surface area contributed by atoms with Gasteiger partial charge in [-0.25, -0.2) is 0 Å². The van der Waals surface area contributed by atoms with Crippen molar-refractivity contribution >= 4 is 5.69 Å². The van der Waals surface area contributed by atoms with Crippen molar-refractivity contribution in [2.75, 3.05) is 13.7 Å². The first-order chi connectivity index (χ1) is 9.25. The molecule has 0 aliphatic heterocycles. The van der Waals surface area contributed by atoms with E-state index in [2.05, 4.69) is 5.32 Å². The number of halogens is 3. The first-order valence-electron chi connectivity index (χ1n) is 5.52. The van der Waals surface area contributed by atoms with Crippen LogP contribution in [0.1, 0.15) is 5.56 Å². The number of aliphatic hydroxyl groups excluding tert-OH is 1. The third-order valence-corrected chi connectivity index (χ3v) is 2.51. The summed E-state index contributed by atoms with van der Waals surface area (Å²) < 4.78 is 41.2. The number of ether oxygens (including phenoxy) is 1. The van der Waals surface area contributed by atoms with Crippen molar-refractivity contribution in [3.05, 3.63) is 33.9 Å². The van der Waals surface area contributed by atoms with Crippen LogP contribution in [0.25, 0.3) is 0 Å². The lowest BCUT2D eigenvalue weighted by Crippen LogP contribution is -2.38. The average molecular weight is 294 g/mol. The molecule has 6 nitrogen and oxygen atoms in total. The molecule has 1 aromatic carbocycles. The van der Waals surface area contributed by atoms with E-state index in [9.17, 15) is 23.3 Å². The van der Waals surface area contributed by atoms with Crippen LogP contribution in [-0.4, -0.2) is 36.0 Å². The van der Waals surface area contributed by atoms with Crippen molar-refractivity contribution in [1.82, 2.24) is 5.32 Å². The number of rotatable bonds is 6. The number of nitrogens with one attached hydrogen (secondary N) is 1. The highest BCUT2D eigenvalue weighted by molar-refractivity contribution is 5.43. The van der Waals surface area contributed by atoms with Crippen LogP contribution in [0.2, 0.25) is 0 Å². The fourth-order valence-corrected chi connectivity index (χ4v) is 1.48. The fraction of sp³-hybridized carbons (Fsp3) is 0.455. The van der Waals surface area contributed by atoms with E-state index in [1.807, 2.05) is 0 Å². The molecule has 0 aromatic heterocycles. The van der Waals surface area contributed by atoms with E-state index in [0.717, 1.165) is 0 Å². The minimum Gasteiger partial charge on any atom is -0.496 e. The Morgan fingerprint density at radius 1 is 1.50 bits per heavy atom. The molecule has 0 saturated carbocycles. The van der Waals surface area contributed by atoms with Gasteiger partial charge in [0.1, 0.15) is 5.75 Å². The zero-order valence-corrected chi connectivity index (χ0v) is 10.5. The number of alkyl halides is 3. The summed E-state index contributed by atoms with van der Waals surface area (Å²) in [7, 11) is 1.34. The molecule has 112 valence electrons. The summed E-state index contributed by atoms with van der Waals surface area (Å²) in [4.78, 5) is 10.0. The molecule has 0 fully saturated rings. The summed E-state index contributed by atoms with van der Waals surface area (Å²) in [5.74, 6) is 0.310. The number of nitro benzene ring substituents is 1. The minimum atomic E-state index is -4.71. The molecule has 0 amide bonds.